The van der Waals surface area contributed by atoms with E-state index < -0.39 is 0 Å². The van der Waals surface area contributed by atoms with Gasteiger partial charge in [-0.2, -0.15) is 5.26 Å². The number of nitrogens with zero attached hydrogens (tertiary/aromatic N) is 1. The summed E-state index contributed by atoms with van der Waals surface area (Å²) in [4.78, 5) is 0. The van der Waals surface area contributed by atoms with Crippen LogP contribution in [0.1, 0.15) is 19.8 Å². The van der Waals surface area contributed by atoms with Gasteiger partial charge >= 0.3 is 0 Å². The second kappa shape index (κ2) is 6.31. The van der Waals surface area contributed by atoms with E-state index in [0.29, 0.717) is 0 Å². The lowest BCUT2D eigenvalue weighted by molar-refractivity contribution is 0.182. The predicted molar refractivity (Wildman–Crippen MR) is 40.5 cm³/mol. The number of unbranched alkanes of at least 4 members (excludes halogenated alkanes) is 1. The van der Waals surface area contributed by atoms with Crippen LogP contribution in [0.5, 0.6) is 0 Å². The van der Waals surface area contributed by atoms with Crippen LogP contribution in [0, 0.1) is 11.3 Å². The number of nitriles is 1. The van der Waals surface area contributed by atoms with E-state index in [1.54, 1.807) is 6.08 Å². The highest BCUT2D eigenvalue weighted by molar-refractivity contribution is 5.01. The van der Waals surface area contributed by atoms with Crippen molar-refractivity contribution in [1.82, 2.24) is 0 Å². The zero-order valence-corrected chi connectivity index (χ0v) is 6.50. The van der Waals surface area contributed by atoms with Crippen LogP contribution in [0.3, 0.4) is 0 Å². The van der Waals surface area contributed by atoms with Crippen LogP contribution in [0.15, 0.2) is 12.2 Å². The van der Waals surface area contributed by atoms with Crippen LogP contribution in [-0.4, -0.2) is 13.2 Å². The van der Waals surface area contributed by atoms with Gasteiger partial charge in [-0.1, -0.05) is 19.4 Å². The van der Waals surface area contributed by atoms with E-state index >= 15 is 0 Å². The first-order valence-corrected chi connectivity index (χ1v) is 3.44. The molecule has 0 aromatic carbocycles. The Morgan fingerprint density at radius 1 is 1.70 bits per heavy atom. The van der Waals surface area contributed by atoms with Crippen molar-refractivity contribution >= 4 is 0 Å². The SMILES string of the molecule is CCC/C=C/C(C#N)OC. The van der Waals surface area contributed by atoms with Crippen molar-refractivity contribution < 1.29 is 4.74 Å². The van der Waals surface area contributed by atoms with Crippen molar-refractivity contribution in [2.24, 2.45) is 0 Å². The summed E-state index contributed by atoms with van der Waals surface area (Å²) in [6, 6.07) is 2.00. The number of hydrogen-bond acceptors (Lipinski definition) is 2. The molecular weight excluding hydrogens is 126 g/mol. The summed E-state index contributed by atoms with van der Waals surface area (Å²) in [5.41, 5.74) is 0. The topological polar surface area (TPSA) is 33.0 Å². The maximum absolute atomic E-state index is 8.40. The quantitative estimate of drug-likeness (QED) is 0.557. The average molecular weight is 139 g/mol. The number of ether oxygens (including phenoxy) is 1. The molecule has 0 aliphatic carbocycles. The Morgan fingerprint density at radius 3 is 2.80 bits per heavy atom. The van der Waals surface area contributed by atoms with Crippen LogP contribution in [0.25, 0.3) is 0 Å². The van der Waals surface area contributed by atoms with E-state index in [2.05, 4.69) is 6.92 Å². The van der Waals surface area contributed by atoms with Crippen LogP contribution < -0.4 is 0 Å². The average Bonchev–Trinajstić information content (AvgIpc) is 1.99. The predicted octanol–water partition coefficient (Wildman–Crippen LogP) is 1.88. The molecule has 2 nitrogen and oxygen atoms in total. The number of allylic oxidation sites excluding steroid dienone is 1. The Bertz CT molecular complexity index is 135. The van der Waals surface area contributed by atoms with Gasteiger partial charge in [0.25, 0.3) is 0 Å². The maximum atomic E-state index is 8.40. The Kier molecular flexibility index (Phi) is 5.80. The summed E-state index contributed by atoms with van der Waals surface area (Å²) in [6.07, 6.45) is 5.51. The third-order valence-electron chi connectivity index (χ3n) is 1.15. The van der Waals surface area contributed by atoms with E-state index in [4.69, 9.17) is 10.00 Å². The number of rotatable bonds is 4. The molecule has 0 spiro atoms. The van der Waals surface area contributed by atoms with Crippen molar-refractivity contribution in [1.29, 1.82) is 5.26 Å². The molecular formula is C8H13NO. The van der Waals surface area contributed by atoms with E-state index in [1.807, 2.05) is 12.1 Å². The van der Waals surface area contributed by atoms with Crippen molar-refractivity contribution in [2.45, 2.75) is 25.9 Å². The van der Waals surface area contributed by atoms with Crippen LogP contribution in [0.2, 0.25) is 0 Å². The van der Waals surface area contributed by atoms with Gasteiger partial charge in [0.15, 0.2) is 6.10 Å². The molecule has 0 aromatic heterocycles. The molecule has 0 aliphatic rings. The highest BCUT2D eigenvalue weighted by Crippen LogP contribution is 1.93. The highest BCUT2D eigenvalue weighted by atomic mass is 16.5. The Morgan fingerprint density at radius 2 is 2.40 bits per heavy atom. The molecule has 0 bridgehead atoms. The molecule has 0 rings (SSSR count). The monoisotopic (exact) mass is 139 g/mol. The van der Waals surface area contributed by atoms with E-state index in [1.165, 1.54) is 7.11 Å². The molecule has 0 saturated heterocycles. The molecule has 0 heterocycles. The van der Waals surface area contributed by atoms with E-state index in [0.717, 1.165) is 12.8 Å². The van der Waals surface area contributed by atoms with Crippen LogP contribution in [-0.2, 0) is 4.74 Å². The molecule has 10 heavy (non-hydrogen) atoms. The van der Waals surface area contributed by atoms with Gasteiger partial charge in [-0.05, 0) is 12.5 Å². The van der Waals surface area contributed by atoms with Crippen molar-refractivity contribution in [3.8, 4) is 6.07 Å². The molecule has 0 saturated carbocycles. The first-order valence-electron chi connectivity index (χ1n) is 3.44. The summed E-state index contributed by atoms with van der Waals surface area (Å²) in [5, 5.41) is 8.40. The summed E-state index contributed by atoms with van der Waals surface area (Å²) < 4.78 is 4.80. The summed E-state index contributed by atoms with van der Waals surface area (Å²) in [6.45, 7) is 2.10. The molecule has 1 atom stereocenters. The van der Waals surface area contributed by atoms with Crippen molar-refractivity contribution in [3.63, 3.8) is 0 Å². The lowest BCUT2D eigenvalue weighted by Gasteiger charge is -1.97. The molecule has 1 unspecified atom stereocenters. The van der Waals surface area contributed by atoms with Gasteiger partial charge in [0.1, 0.15) is 0 Å². The summed E-state index contributed by atoms with van der Waals surface area (Å²) in [7, 11) is 1.53. The van der Waals surface area contributed by atoms with Gasteiger partial charge in [0.05, 0.1) is 6.07 Å². The number of hydrogen-bond donors (Lipinski definition) is 0. The Balaban J connectivity index is 3.53. The van der Waals surface area contributed by atoms with Gasteiger partial charge in [-0.3, -0.25) is 0 Å². The smallest absolute Gasteiger partial charge is 0.161 e. The first-order chi connectivity index (χ1) is 4.85. The molecule has 56 valence electrons. The van der Waals surface area contributed by atoms with Gasteiger partial charge in [0.2, 0.25) is 0 Å². The largest absolute Gasteiger partial charge is 0.362 e. The van der Waals surface area contributed by atoms with Gasteiger partial charge in [0, 0.05) is 7.11 Å². The lowest BCUT2D eigenvalue weighted by Crippen LogP contribution is -2.01. The second-order valence-corrected chi connectivity index (χ2v) is 2.00. The third kappa shape index (κ3) is 4.11. The molecule has 0 fully saturated rings. The fourth-order valence-electron chi connectivity index (χ4n) is 0.561. The zero-order valence-electron chi connectivity index (χ0n) is 6.50. The fraction of sp³-hybridized carbons (Fsp3) is 0.625. The normalized spacial score (nSPS) is 13.3. The highest BCUT2D eigenvalue weighted by Gasteiger charge is 1.95. The standard InChI is InChI=1S/C8H13NO/c1-3-4-5-6-8(7-9)10-2/h5-6,8H,3-4H2,1-2H3/b6-5+. The first kappa shape index (κ1) is 9.19. The summed E-state index contributed by atoms with van der Waals surface area (Å²) >= 11 is 0. The van der Waals surface area contributed by atoms with Crippen LogP contribution in [0.4, 0.5) is 0 Å². The second-order valence-electron chi connectivity index (χ2n) is 2.00. The van der Waals surface area contributed by atoms with Crippen molar-refractivity contribution in [3.05, 3.63) is 12.2 Å². The van der Waals surface area contributed by atoms with Gasteiger partial charge < -0.3 is 4.74 Å². The molecule has 2 heteroatoms. The molecule has 0 N–H and O–H groups in total. The molecule has 0 amide bonds. The van der Waals surface area contributed by atoms with Crippen LogP contribution >= 0.6 is 0 Å². The van der Waals surface area contributed by atoms with Gasteiger partial charge in [-0.15, -0.1) is 0 Å². The fourth-order valence-corrected chi connectivity index (χ4v) is 0.561. The minimum atomic E-state index is -0.369. The minimum Gasteiger partial charge on any atom is -0.362 e. The van der Waals surface area contributed by atoms with Crippen molar-refractivity contribution in [2.75, 3.05) is 7.11 Å². The Labute approximate surface area is 62.1 Å². The van der Waals surface area contributed by atoms with Gasteiger partial charge in [-0.25, -0.2) is 0 Å². The molecule has 0 aliphatic heterocycles. The zero-order chi connectivity index (χ0) is 7.82. The maximum Gasteiger partial charge on any atom is 0.161 e. The molecule has 0 radical (unpaired) electrons. The lowest BCUT2D eigenvalue weighted by atomic mass is 10.2. The third-order valence-corrected chi connectivity index (χ3v) is 1.15. The summed E-state index contributed by atoms with van der Waals surface area (Å²) in [5.74, 6) is 0. The Hall–Kier alpha value is -0.810. The van der Waals surface area contributed by atoms with E-state index in [-0.39, 0.29) is 6.10 Å². The minimum absolute atomic E-state index is 0.369. The van der Waals surface area contributed by atoms with E-state index in [9.17, 15) is 0 Å². The number of methoxy groups -OCH3 is 1. The molecule has 0 aromatic rings.